The molecule has 2 aliphatic rings. The summed E-state index contributed by atoms with van der Waals surface area (Å²) in [5.41, 5.74) is 0. The molecule has 0 spiro atoms. The van der Waals surface area contributed by atoms with Gasteiger partial charge in [-0.3, -0.25) is 9.59 Å². The highest BCUT2D eigenvalue weighted by Crippen LogP contribution is 2.32. The number of likely N-dealkylation sites (tertiary alicyclic amines) is 1. The Morgan fingerprint density at radius 3 is 2.58 bits per heavy atom. The molecule has 3 atom stereocenters. The van der Waals surface area contributed by atoms with Crippen LogP contribution in [0.1, 0.15) is 38.5 Å². The molecule has 1 amide bonds. The van der Waals surface area contributed by atoms with Crippen LogP contribution >= 0.6 is 0 Å². The number of rotatable bonds is 4. The highest BCUT2D eigenvalue weighted by atomic mass is 16.4. The van der Waals surface area contributed by atoms with Crippen molar-refractivity contribution in [1.82, 2.24) is 10.2 Å². The largest absolute Gasteiger partial charge is 0.481 e. The normalized spacial score (nSPS) is 32.2. The van der Waals surface area contributed by atoms with Crippen molar-refractivity contribution in [3.05, 3.63) is 0 Å². The van der Waals surface area contributed by atoms with Gasteiger partial charge in [-0.05, 0) is 39.3 Å². The van der Waals surface area contributed by atoms with Crippen molar-refractivity contribution >= 4 is 11.9 Å². The third kappa shape index (κ3) is 3.47. The van der Waals surface area contributed by atoms with Gasteiger partial charge in [0.2, 0.25) is 5.91 Å². The molecule has 0 aromatic rings. The van der Waals surface area contributed by atoms with Crippen molar-refractivity contribution in [3.63, 3.8) is 0 Å². The van der Waals surface area contributed by atoms with Crippen LogP contribution in [0, 0.1) is 11.8 Å². The second-order valence-electron chi connectivity index (χ2n) is 5.86. The number of nitrogens with zero attached hydrogens (tertiary/aromatic N) is 1. The average Bonchev–Trinajstić information content (AvgIpc) is 2.87. The molecular weight excluding hydrogens is 244 g/mol. The lowest BCUT2D eigenvalue weighted by atomic mass is 9.95. The van der Waals surface area contributed by atoms with Crippen LogP contribution in [-0.4, -0.2) is 48.1 Å². The van der Waals surface area contributed by atoms with Gasteiger partial charge in [0.05, 0.1) is 11.8 Å². The average molecular weight is 268 g/mol. The van der Waals surface area contributed by atoms with Crippen molar-refractivity contribution in [2.45, 2.75) is 44.6 Å². The van der Waals surface area contributed by atoms with E-state index in [4.69, 9.17) is 5.11 Å². The fourth-order valence-corrected chi connectivity index (χ4v) is 3.32. The Morgan fingerprint density at radius 1 is 1.16 bits per heavy atom. The molecule has 0 aromatic heterocycles. The number of hydrogen-bond acceptors (Lipinski definition) is 3. The maximum atomic E-state index is 12.1. The zero-order valence-electron chi connectivity index (χ0n) is 11.6. The van der Waals surface area contributed by atoms with Crippen molar-refractivity contribution in [2.75, 3.05) is 20.1 Å². The maximum Gasteiger partial charge on any atom is 0.307 e. The van der Waals surface area contributed by atoms with Gasteiger partial charge in [0.1, 0.15) is 0 Å². The van der Waals surface area contributed by atoms with Crippen LogP contribution in [0.25, 0.3) is 0 Å². The summed E-state index contributed by atoms with van der Waals surface area (Å²) in [4.78, 5) is 25.5. The summed E-state index contributed by atoms with van der Waals surface area (Å²) in [6.07, 6.45) is 5.75. The van der Waals surface area contributed by atoms with Gasteiger partial charge >= 0.3 is 5.97 Å². The lowest BCUT2D eigenvalue weighted by Crippen LogP contribution is -2.46. The van der Waals surface area contributed by atoms with Crippen LogP contribution < -0.4 is 5.32 Å². The Labute approximate surface area is 114 Å². The number of aliphatic carboxylic acids is 1. The first-order valence-electron chi connectivity index (χ1n) is 7.30. The Kier molecular flexibility index (Phi) is 4.80. The fraction of sp³-hybridized carbons (Fsp3) is 0.857. The smallest absolute Gasteiger partial charge is 0.307 e. The number of amides is 1. The van der Waals surface area contributed by atoms with Crippen molar-refractivity contribution in [3.8, 4) is 0 Å². The van der Waals surface area contributed by atoms with E-state index in [1.165, 1.54) is 12.8 Å². The predicted octanol–water partition coefficient (Wildman–Crippen LogP) is 1.09. The van der Waals surface area contributed by atoms with E-state index in [1.54, 1.807) is 0 Å². The number of carbonyl (C=O) groups is 2. The van der Waals surface area contributed by atoms with E-state index in [1.807, 2.05) is 0 Å². The predicted molar refractivity (Wildman–Crippen MR) is 71.7 cm³/mol. The van der Waals surface area contributed by atoms with Gasteiger partial charge in [0, 0.05) is 12.6 Å². The first-order chi connectivity index (χ1) is 9.09. The lowest BCUT2D eigenvalue weighted by Gasteiger charge is -2.32. The summed E-state index contributed by atoms with van der Waals surface area (Å²) in [6.45, 7) is 1.74. The van der Waals surface area contributed by atoms with E-state index in [0.717, 1.165) is 19.4 Å². The van der Waals surface area contributed by atoms with E-state index >= 15 is 0 Å². The molecule has 108 valence electrons. The monoisotopic (exact) mass is 268 g/mol. The summed E-state index contributed by atoms with van der Waals surface area (Å²) in [5, 5.41) is 12.1. The van der Waals surface area contributed by atoms with Crippen LogP contribution in [0.2, 0.25) is 0 Å². The number of piperidine rings is 1. The third-order valence-electron chi connectivity index (χ3n) is 4.60. The summed E-state index contributed by atoms with van der Waals surface area (Å²) >= 11 is 0. The molecule has 0 aromatic carbocycles. The Balaban J connectivity index is 1.82. The Morgan fingerprint density at radius 2 is 1.89 bits per heavy atom. The molecule has 0 radical (unpaired) electrons. The number of carboxylic acids is 1. The van der Waals surface area contributed by atoms with Crippen LogP contribution in [-0.2, 0) is 9.59 Å². The summed E-state index contributed by atoms with van der Waals surface area (Å²) in [7, 11) is 2.09. The molecule has 1 saturated heterocycles. The molecule has 2 rings (SSSR count). The van der Waals surface area contributed by atoms with Crippen molar-refractivity contribution in [1.29, 1.82) is 0 Å². The zero-order chi connectivity index (χ0) is 13.8. The molecule has 5 heteroatoms. The first kappa shape index (κ1) is 14.3. The van der Waals surface area contributed by atoms with Gasteiger partial charge in [-0.1, -0.05) is 12.8 Å². The minimum Gasteiger partial charge on any atom is -0.481 e. The Hall–Kier alpha value is -1.10. The molecule has 2 N–H and O–H groups in total. The molecule has 2 fully saturated rings. The molecule has 1 saturated carbocycles. The number of carboxylic acid groups (broad SMARTS) is 1. The molecule has 1 aliphatic carbocycles. The fourth-order valence-electron chi connectivity index (χ4n) is 3.32. The minimum absolute atomic E-state index is 0.0659. The van der Waals surface area contributed by atoms with Gasteiger partial charge in [-0.2, -0.15) is 0 Å². The van der Waals surface area contributed by atoms with Crippen LogP contribution in [0.5, 0.6) is 0 Å². The SMILES string of the molecule is CN1CCCCC1CNC(=O)C1CCCC1C(=O)O. The van der Waals surface area contributed by atoms with Gasteiger partial charge < -0.3 is 15.3 Å². The maximum absolute atomic E-state index is 12.1. The summed E-state index contributed by atoms with van der Waals surface area (Å²) in [6, 6.07) is 0.405. The highest BCUT2D eigenvalue weighted by molar-refractivity contribution is 5.85. The first-order valence-corrected chi connectivity index (χ1v) is 7.30. The van der Waals surface area contributed by atoms with Gasteiger partial charge in [-0.25, -0.2) is 0 Å². The quantitative estimate of drug-likeness (QED) is 0.800. The van der Waals surface area contributed by atoms with Crippen LogP contribution in [0.4, 0.5) is 0 Å². The van der Waals surface area contributed by atoms with Gasteiger partial charge in [0.25, 0.3) is 0 Å². The summed E-state index contributed by atoms with van der Waals surface area (Å²) in [5.74, 6) is -1.70. The third-order valence-corrected chi connectivity index (χ3v) is 4.60. The second-order valence-corrected chi connectivity index (χ2v) is 5.86. The summed E-state index contributed by atoms with van der Waals surface area (Å²) < 4.78 is 0. The van der Waals surface area contributed by atoms with Crippen LogP contribution in [0.3, 0.4) is 0 Å². The topological polar surface area (TPSA) is 69.6 Å². The Bertz CT molecular complexity index is 346. The van der Waals surface area contributed by atoms with Crippen LogP contribution in [0.15, 0.2) is 0 Å². The standard InChI is InChI=1S/C14H24N2O3/c1-16-8-3-2-5-10(16)9-15-13(17)11-6-4-7-12(11)14(18)19/h10-12H,2-9H2,1H3,(H,15,17)(H,18,19). The molecule has 5 nitrogen and oxygen atoms in total. The number of nitrogens with one attached hydrogen (secondary N) is 1. The van der Waals surface area contributed by atoms with E-state index in [-0.39, 0.29) is 11.8 Å². The molecule has 1 aliphatic heterocycles. The number of carbonyl (C=O) groups excluding carboxylic acids is 1. The van der Waals surface area contributed by atoms with E-state index in [0.29, 0.717) is 25.4 Å². The lowest BCUT2D eigenvalue weighted by molar-refractivity contribution is -0.146. The molecule has 1 heterocycles. The molecule has 0 bridgehead atoms. The number of likely N-dealkylation sites (N-methyl/N-ethyl adjacent to an activating group) is 1. The van der Waals surface area contributed by atoms with E-state index in [2.05, 4.69) is 17.3 Å². The number of hydrogen-bond donors (Lipinski definition) is 2. The van der Waals surface area contributed by atoms with Gasteiger partial charge in [-0.15, -0.1) is 0 Å². The van der Waals surface area contributed by atoms with Gasteiger partial charge in [0.15, 0.2) is 0 Å². The second kappa shape index (κ2) is 6.37. The van der Waals surface area contributed by atoms with Crippen molar-refractivity contribution < 1.29 is 14.7 Å². The minimum atomic E-state index is -0.826. The van der Waals surface area contributed by atoms with Crippen molar-refractivity contribution in [2.24, 2.45) is 11.8 Å². The van der Waals surface area contributed by atoms with E-state index in [9.17, 15) is 9.59 Å². The van der Waals surface area contributed by atoms with E-state index < -0.39 is 11.9 Å². The highest BCUT2D eigenvalue weighted by Gasteiger charge is 2.37. The molecular formula is C14H24N2O3. The zero-order valence-corrected chi connectivity index (χ0v) is 11.6. The molecule has 3 unspecified atom stereocenters. The molecule has 19 heavy (non-hydrogen) atoms.